The van der Waals surface area contributed by atoms with Gasteiger partial charge in [0.25, 0.3) is 0 Å². The second-order valence-electron chi connectivity index (χ2n) is 6.32. The Morgan fingerprint density at radius 3 is 1.05 bits per heavy atom. The van der Waals surface area contributed by atoms with Crippen LogP contribution in [0.5, 0.6) is 0 Å². The number of unbranched alkanes of at least 4 members (excludes halogenated alkanes) is 14. The van der Waals surface area contributed by atoms with Crippen LogP contribution in [0.1, 0.15) is 124 Å². The highest BCUT2D eigenvalue weighted by Crippen LogP contribution is 2.10. The standard InChI is InChI=1S/C13H26.C8H18/c1-3-5-7-9-11-13-12-10-8-6-4-2;1-3-5-7-8-6-4-2/h3H,1,4-13H2,2H3;3-8H2,1-2H3. The molecule has 0 radical (unpaired) electrons. The van der Waals surface area contributed by atoms with Crippen LogP contribution in [-0.2, 0) is 0 Å². The number of rotatable bonds is 15. The molecule has 0 aromatic rings. The van der Waals surface area contributed by atoms with Gasteiger partial charge in [-0.1, -0.05) is 117 Å². The fourth-order valence-electron chi connectivity index (χ4n) is 2.45. The molecule has 0 heteroatoms. The topological polar surface area (TPSA) is 0 Å². The van der Waals surface area contributed by atoms with Crippen molar-refractivity contribution >= 4 is 0 Å². The van der Waals surface area contributed by atoms with Gasteiger partial charge in [0.15, 0.2) is 0 Å². The van der Waals surface area contributed by atoms with E-state index in [-0.39, 0.29) is 0 Å². The van der Waals surface area contributed by atoms with Crippen LogP contribution in [0.2, 0.25) is 0 Å². The van der Waals surface area contributed by atoms with Crippen molar-refractivity contribution in [3.05, 3.63) is 12.7 Å². The second kappa shape index (κ2) is 24.7. The summed E-state index contributed by atoms with van der Waals surface area (Å²) in [5, 5.41) is 0. The molecule has 0 saturated carbocycles. The van der Waals surface area contributed by atoms with E-state index in [0.29, 0.717) is 0 Å². The Kier molecular flexibility index (Phi) is 27.1. The zero-order valence-corrected chi connectivity index (χ0v) is 15.6. The van der Waals surface area contributed by atoms with E-state index in [4.69, 9.17) is 0 Å². The van der Waals surface area contributed by atoms with Crippen LogP contribution in [-0.4, -0.2) is 0 Å². The zero-order valence-electron chi connectivity index (χ0n) is 15.6. The molecule has 0 aliphatic carbocycles. The lowest BCUT2D eigenvalue weighted by atomic mass is 10.1. The normalized spacial score (nSPS) is 10.0. The molecule has 0 rings (SSSR count). The first-order chi connectivity index (χ1) is 10.3. The molecule has 0 N–H and O–H groups in total. The summed E-state index contributed by atoms with van der Waals surface area (Å²) >= 11 is 0. The van der Waals surface area contributed by atoms with Crippen LogP contribution < -0.4 is 0 Å². The molecule has 128 valence electrons. The maximum atomic E-state index is 3.73. The summed E-state index contributed by atoms with van der Waals surface area (Å²) < 4.78 is 0. The molecule has 0 bridgehead atoms. The number of allylic oxidation sites excluding steroid dienone is 1. The number of hydrogen-bond donors (Lipinski definition) is 0. The Morgan fingerprint density at radius 2 is 0.762 bits per heavy atom. The first-order valence-corrected chi connectivity index (χ1v) is 9.94. The minimum atomic E-state index is 1.20. The molecule has 0 amide bonds. The molecule has 0 aromatic carbocycles. The molecule has 0 heterocycles. The average molecular weight is 297 g/mol. The van der Waals surface area contributed by atoms with Crippen LogP contribution in [0.25, 0.3) is 0 Å². The van der Waals surface area contributed by atoms with Gasteiger partial charge in [-0.25, -0.2) is 0 Å². The zero-order chi connectivity index (χ0) is 16.0. The van der Waals surface area contributed by atoms with E-state index in [1.165, 1.54) is 103 Å². The molecule has 0 fully saturated rings. The van der Waals surface area contributed by atoms with E-state index in [0.717, 1.165) is 0 Å². The van der Waals surface area contributed by atoms with E-state index < -0.39 is 0 Å². The van der Waals surface area contributed by atoms with Gasteiger partial charge in [-0.2, -0.15) is 0 Å². The molecular formula is C21H44. The van der Waals surface area contributed by atoms with Gasteiger partial charge in [0.05, 0.1) is 0 Å². The van der Waals surface area contributed by atoms with Gasteiger partial charge >= 0.3 is 0 Å². The summed E-state index contributed by atoms with van der Waals surface area (Å²) in [5.74, 6) is 0. The first kappa shape index (κ1) is 23.0. The fraction of sp³-hybridized carbons (Fsp3) is 0.905. The van der Waals surface area contributed by atoms with E-state index in [2.05, 4.69) is 27.4 Å². The highest BCUT2D eigenvalue weighted by atomic mass is 14.0. The monoisotopic (exact) mass is 296 g/mol. The van der Waals surface area contributed by atoms with E-state index >= 15 is 0 Å². The summed E-state index contributed by atoms with van der Waals surface area (Å²) in [6.45, 7) is 10.5. The van der Waals surface area contributed by atoms with Crippen LogP contribution in [0.4, 0.5) is 0 Å². The lowest BCUT2D eigenvalue weighted by Gasteiger charge is -2.00. The fourth-order valence-corrected chi connectivity index (χ4v) is 2.45. The summed E-state index contributed by atoms with van der Waals surface area (Å²) in [5.41, 5.74) is 0. The minimum absolute atomic E-state index is 1.20. The van der Waals surface area contributed by atoms with E-state index in [9.17, 15) is 0 Å². The summed E-state index contributed by atoms with van der Waals surface area (Å²) in [6, 6.07) is 0. The van der Waals surface area contributed by atoms with Crippen molar-refractivity contribution in [3.8, 4) is 0 Å². The van der Waals surface area contributed by atoms with Gasteiger partial charge in [0, 0.05) is 0 Å². The van der Waals surface area contributed by atoms with Gasteiger partial charge in [0.2, 0.25) is 0 Å². The van der Waals surface area contributed by atoms with E-state index in [1.807, 2.05) is 6.08 Å². The van der Waals surface area contributed by atoms with Crippen molar-refractivity contribution in [2.75, 3.05) is 0 Å². The smallest absolute Gasteiger partial charge is 0.0353 e. The average Bonchev–Trinajstić information content (AvgIpc) is 2.51. The molecule has 0 aromatic heterocycles. The van der Waals surface area contributed by atoms with Gasteiger partial charge in [-0.15, -0.1) is 6.58 Å². The Hall–Kier alpha value is -0.260. The van der Waals surface area contributed by atoms with Crippen molar-refractivity contribution in [1.29, 1.82) is 0 Å². The Morgan fingerprint density at radius 1 is 0.476 bits per heavy atom. The van der Waals surface area contributed by atoms with Crippen molar-refractivity contribution in [1.82, 2.24) is 0 Å². The third kappa shape index (κ3) is 28.6. The Bertz CT molecular complexity index is 153. The predicted molar refractivity (Wildman–Crippen MR) is 101 cm³/mol. The van der Waals surface area contributed by atoms with Crippen LogP contribution in [0.3, 0.4) is 0 Å². The molecular weight excluding hydrogens is 252 g/mol. The minimum Gasteiger partial charge on any atom is -0.103 e. The third-order valence-corrected chi connectivity index (χ3v) is 3.97. The first-order valence-electron chi connectivity index (χ1n) is 9.94. The van der Waals surface area contributed by atoms with Crippen molar-refractivity contribution in [2.45, 2.75) is 124 Å². The predicted octanol–water partition coefficient (Wildman–Crippen LogP) is 8.46. The van der Waals surface area contributed by atoms with Crippen LogP contribution >= 0.6 is 0 Å². The van der Waals surface area contributed by atoms with Crippen LogP contribution in [0.15, 0.2) is 12.7 Å². The largest absolute Gasteiger partial charge is 0.103 e. The molecule has 0 unspecified atom stereocenters. The van der Waals surface area contributed by atoms with Crippen LogP contribution in [0, 0.1) is 0 Å². The third-order valence-electron chi connectivity index (χ3n) is 3.97. The molecule has 0 spiro atoms. The molecule has 0 aliphatic heterocycles. The van der Waals surface area contributed by atoms with Crippen molar-refractivity contribution in [2.24, 2.45) is 0 Å². The van der Waals surface area contributed by atoms with Crippen molar-refractivity contribution in [3.63, 3.8) is 0 Å². The highest BCUT2D eigenvalue weighted by Gasteiger charge is 1.90. The maximum absolute atomic E-state index is 3.73. The SMILES string of the molecule is C=CCCCCCCCCCCC.CCCCCCCC. The maximum Gasteiger partial charge on any atom is -0.0353 e. The molecule has 21 heavy (non-hydrogen) atoms. The summed E-state index contributed by atoms with van der Waals surface area (Å²) in [4.78, 5) is 0. The summed E-state index contributed by atoms with van der Waals surface area (Å²) in [6.07, 6.45) is 24.5. The lowest BCUT2D eigenvalue weighted by Crippen LogP contribution is -1.80. The van der Waals surface area contributed by atoms with Crippen molar-refractivity contribution < 1.29 is 0 Å². The van der Waals surface area contributed by atoms with E-state index in [1.54, 1.807) is 0 Å². The Labute approximate surface area is 136 Å². The second-order valence-corrected chi connectivity index (χ2v) is 6.32. The summed E-state index contributed by atoms with van der Waals surface area (Å²) in [7, 11) is 0. The van der Waals surface area contributed by atoms with Gasteiger partial charge < -0.3 is 0 Å². The molecule has 0 atom stereocenters. The molecule has 0 nitrogen and oxygen atoms in total. The number of hydrogen-bond acceptors (Lipinski definition) is 0. The van der Waals surface area contributed by atoms with Gasteiger partial charge in [-0.05, 0) is 12.8 Å². The van der Waals surface area contributed by atoms with Gasteiger partial charge in [0.1, 0.15) is 0 Å². The highest BCUT2D eigenvalue weighted by molar-refractivity contribution is 4.65. The molecule has 0 saturated heterocycles. The van der Waals surface area contributed by atoms with Gasteiger partial charge in [-0.3, -0.25) is 0 Å². The molecule has 0 aliphatic rings. The quantitative estimate of drug-likeness (QED) is 0.210. The lowest BCUT2D eigenvalue weighted by molar-refractivity contribution is 0.566. The Balaban J connectivity index is 0.